The monoisotopic (exact) mass is 391 g/mol. The van der Waals surface area contributed by atoms with Crippen molar-refractivity contribution in [3.63, 3.8) is 0 Å². The lowest BCUT2D eigenvalue weighted by Gasteiger charge is -2.34. The number of carbonyl (C=O) groups is 2. The predicted octanol–water partition coefficient (Wildman–Crippen LogP) is 3.55. The second-order valence-corrected chi connectivity index (χ2v) is 8.39. The quantitative estimate of drug-likeness (QED) is 0.499. The van der Waals surface area contributed by atoms with Crippen molar-refractivity contribution in [2.45, 2.75) is 59.8 Å². The molecule has 2 heterocycles. The zero-order chi connectivity index (χ0) is 20.7. The van der Waals surface area contributed by atoms with E-state index in [0.717, 1.165) is 43.2 Å². The van der Waals surface area contributed by atoms with Gasteiger partial charge in [0.1, 0.15) is 5.69 Å². The number of amides is 1. The van der Waals surface area contributed by atoms with Crippen LogP contribution in [0.25, 0.3) is 0 Å². The zero-order valence-corrected chi connectivity index (χ0v) is 18.2. The molecule has 0 radical (unpaired) electrons. The first-order valence-corrected chi connectivity index (χ1v) is 10.7. The molecule has 28 heavy (non-hydrogen) atoms. The predicted molar refractivity (Wildman–Crippen MR) is 112 cm³/mol. The Labute approximate surface area is 169 Å². The number of aromatic amines is 1. The number of esters is 1. The summed E-state index contributed by atoms with van der Waals surface area (Å²) in [5.41, 5.74) is 2.45. The number of likely N-dealkylation sites (tertiary alicyclic amines) is 1. The van der Waals surface area contributed by atoms with Gasteiger partial charge < -0.3 is 19.9 Å². The summed E-state index contributed by atoms with van der Waals surface area (Å²) in [5.74, 6) is 1.03. The van der Waals surface area contributed by atoms with E-state index in [1.54, 1.807) is 0 Å². The summed E-state index contributed by atoms with van der Waals surface area (Å²) in [6.45, 7) is 12.6. The fourth-order valence-electron chi connectivity index (χ4n) is 4.47. The van der Waals surface area contributed by atoms with E-state index in [4.69, 9.17) is 4.74 Å². The Balaban J connectivity index is 1.85. The number of hydrogen-bond donors (Lipinski definition) is 2. The summed E-state index contributed by atoms with van der Waals surface area (Å²) in [7, 11) is 1.37. The van der Waals surface area contributed by atoms with Crippen molar-refractivity contribution in [2.24, 2.45) is 11.8 Å². The molecule has 1 aromatic rings. The molecule has 0 spiro atoms. The molecule has 6 heteroatoms. The molecule has 1 aromatic heterocycles. The number of nitrogens with zero attached hydrogens (tertiary/aromatic N) is 1. The van der Waals surface area contributed by atoms with Crippen molar-refractivity contribution in [1.29, 1.82) is 0 Å². The van der Waals surface area contributed by atoms with Crippen LogP contribution in [0.15, 0.2) is 0 Å². The fraction of sp³-hybridized carbons (Fsp3) is 0.727. The van der Waals surface area contributed by atoms with E-state index < -0.39 is 0 Å². The van der Waals surface area contributed by atoms with E-state index in [1.165, 1.54) is 26.6 Å². The smallest absolute Gasteiger partial charge is 0.339 e. The Morgan fingerprint density at radius 3 is 2.50 bits per heavy atom. The van der Waals surface area contributed by atoms with Gasteiger partial charge in [-0.25, -0.2) is 4.79 Å². The third kappa shape index (κ3) is 5.84. The van der Waals surface area contributed by atoms with Crippen molar-refractivity contribution in [1.82, 2.24) is 15.2 Å². The van der Waals surface area contributed by atoms with Crippen LogP contribution in [0.4, 0.5) is 0 Å². The van der Waals surface area contributed by atoms with Crippen molar-refractivity contribution in [3.05, 3.63) is 22.5 Å². The molecule has 0 aliphatic carbocycles. The molecule has 1 aliphatic rings. The van der Waals surface area contributed by atoms with Crippen LogP contribution in [0.3, 0.4) is 0 Å². The molecule has 2 rings (SSSR count). The summed E-state index contributed by atoms with van der Waals surface area (Å²) in [6.07, 6.45) is 4.89. The molecular weight excluding hydrogens is 354 g/mol. The average molecular weight is 392 g/mol. The Morgan fingerprint density at radius 2 is 1.89 bits per heavy atom. The minimum atomic E-state index is -0.388. The molecule has 2 N–H and O–H groups in total. The van der Waals surface area contributed by atoms with Gasteiger partial charge in [-0.05, 0) is 56.6 Å². The first-order valence-electron chi connectivity index (χ1n) is 10.7. The van der Waals surface area contributed by atoms with E-state index >= 15 is 0 Å². The molecule has 2 unspecified atom stereocenters. The van der Waals surface area contributed by atoms with Gasteiger partial charge in [0.15, 0.2) is 0 Å². The van der Waals surface area contributed by atoms with E-state index in [0.29, 0.717) is 29.9 Å². The van der Waals surface area contributed by atoms with Crippen LogP contribution >= 0.6 is 0 Å². The maximum absolute atomic E-state index is 12.7. The van der Waals surface area contributed by atoms with Crippen molar-refractivity contribution in [3.8, 4) is 0 Å². The van der Waals surface area contributed by atoms with Crippen LogP contribution in [0.2, 0.25) is 0 Å². The Bertz CT molecular complexity index is 658. The molecule has 1 fully saturated rings. The van der Waals surface area contributed by atoms with Crippen LogP contribution in [-0.4, -0.2) is 55.0 Å². The highest BCUT2D eigenvalue weighted by molar-refractivity contribution is 6.00. The number of unbranched alkanes of at least 4 members (excludes halogenated alkanes) is 1. The maximum atomic E-state index is 12.7. The van der Waals surface area contributed by atoms with Crippen LogP contribution in [-0.2, 0) is 11.2 Å². The lowest BCUT2D eigenvalue weighted by molar-refractivity contribution is 0.0599. The molecule has 0 saturated carbocycles. The van der Waals surface area contributed by atoms with Crippen LogP contribution in [0, 0.1) is 18.8 Å². The molecule has 158 valence electrons. The highest BCUT2D eigenvalue weighted by atomic mass is 16.5. The topological polar surface area (TPSA) is 74.4 Å². The molecule has 6 nitrogen and oxygen atoms in total. The number of nitrogens with one attached hydrogen (secondary N) is 2. The largest absolute Gasteiger partial charge is 0.465 e. The first kappa shape index (κ1) is 22.5. The lowest BCUT2D eigenvalue weighted by Crippen LogP contribution is -2.39. The Kier molecular flexibility index (Phi) is 8.55. The second-order valence-electron chi connectivity index (χ2n) is 8.39. The molecule has 1 saturated heterocycles. The standard InChI is InChI=1S/C22H37N3O3/c1-6-9-18-19(22(27)28-5)17(4)24-20(18)21(26)23-10-7-8-11-25-13-15(2)12-16(3)14-25/h15-16,24H,6-14H2,1-5H3,(H,23,26). The number of methoxy groups -OCH3 is 1. The minimum Gasteiger partial charge on any atom is -0.465 e. The summed E-state index contributed by atoms with van der Waals surface area (Å²) >= 11 is 0. The van der Waals surface area contributed by atoms with Crippen LogP contribution in [0.1, 0.15) is 78.6 Å². The van der Waals surface area contributed by atoms with E-state index in [1.807, 2.05) is 13.8 Å². The summed E-state index contributed by atoms with van der Waals surface area (Å²) in [5, 5.41) is 3.01. The molecular formula is C22H37N3O3. The maximum Gasteiger partial charge on any atom is 0.339 e. The summed E-state index contributed by atoms with van der Waals surface area (Å²) < 4.78 is 4.89. The highest BCUT2D eigenvalue weighted by Crippen LogP contribution is 2.22. The van der Waals surface area contributed by atoms with Gasteiger partial charge in [-0.15, -0.1) is 0 Å². The van der Waals surface area contributed by atoms with Gasteiger partial charge in [0.05, 0.1) is 12.7 Å². The summed E-state index contributed by atoms with van der Waals surface area (Å²) in [6, 6.07) is 0. The van der Waals surface area contributed by atoms with E-state index in [2.05, 4.69) is 29.0 Å². The van der Waals surface area contributed by atoms with Crippen molar-refractivity contribution < 1.29 is 14.3 Å². The van der Waals surface area contributed by atoms with Crippen molar-refractivity contribution in [2.75, 3.05) is 33.3 Å². The molecule has 1 aliphatic heterocycles. The number of aryl methyl sites for hydroxylation is 1. The number of hydrogen-bond acceptors (Lipinski definition) is 4. The van der Waals surface area contributed by atoms with Gasteiger partial charge in [-0.2, -0.15) is 0 Å². The van der Waals surface area contributed by atoms with Gasteiger partial charge in [0.2, 0.25) is 0 Å². The fourth-order valence-corrected chi connectivity index (χ4v) is 4.47. The Hall–Kier alpha value is -1.82. The lowest BCUT2D eigenvalue weighted by atomic mass is 9.92. The Morgan fingerprint density at radius 1 is 1.21 bits per heavy atom. The first-order chi connectivity index (χ1) is 13.4. The van der Waals surface area contributed by atoms with Crippen molar-refractivity contribution >= 4 is 11.9 Å². The highest BCUT2D eigenvalue weighted by Gasteiger charge is 2.24. The molecule has 0 bridgehead atoms. The SMILES string of the molecule is CCCc1c(C(=O)NCCCCN2CC(C)CC(C)C2)[nH]c(C)c1C(=O)OC. The number of carbonyl (C=O) groups excluding carboxylic acids is 2. The number of H-pyrrole nitrogens is 1. The third-order valence-corrected chi connectivity index (χ3v) is 5.54. The second kappa shape index (κ2) is 10.6. The number of aromatic nitrogens is 1. The van der Waals surface area contributed by atoms with Gasteiger partial charge in [0, 0.05) is 25.3 Å². The zero-order valence-electron chi connectivity index (χ0n) is 18.2. The number of ether oxygens (including phenoxy) is 1. The third-order valence-electron chi connectivity index (χ3n) is 5.54. The van der Waals surface area contributed by atoms with Gasteiger partial charge in [-0.3, -0.25) is 4.79 Å². The van der Waals surface area contributed by atoms with Gasteiger partial charge in [-0.1, -0.05) is 27.2 Å². The van der Waals surface area contributed by atoms with Crippen LogP contribution < -0.4 is 5.32 Å². The van der Waals surface area contributed by atoms with E-state index in [-0.39, 0.29) is 11.9 Å². The molecule has 0 aromatic carbocycles. The van der Waals surface area contributed by atoms with Gasteiger partial charge in [0.25, 0.3) is 5.91 Å². The molecule has 2 atom stereocenters. The summed E-state index contributed by atoms with van der Waals surface area (Å²) in [4.78, 5) is 30.4. The molecule has 1 amide bonds. The van der Waals surface area contributed by atoms with Crippen LogP contribution in [0.5, 0.6) is 0 Å². The van der Waals surface area contributed by atoms with E-state index in [9.17, 15) is 9.59 Å². The number of rotatable bonds is 9. The average Bonchev–Trinajstić information content (AvgIpc) is 2.96. The normalized spacial score (nSPS) is 20.2. The minimum absolute atomic E-state index is 0.137. The number of piperidine rings is 1. The van der Waals surface area contributed by atoms with Gasteiger partial charge >= 0.3 is 5.97 Å².